The lowest BCUT2D eigenvalue weighted by Crippen LogP contribution is -2.41. The van der Waals surface area contributed by atoms with E-state index in [2.05, 4.69) is 0 Å². The van der Waals surface area contributed by atoms with Gasteiger partial charge in [-0.25, -0.2) is 0 Å². The number of rotatable bonds is 2. The normalized spacial score (nSPS) is 21.1. The quantitative estimate of drug-likeness (QED) is 0.811. The monoisotopic (exact) mass is 250 g/mol. The molecule has 0 spiro atoms. The van der Waals surface area contributed by atoms with Crippen LogP contribution in [0.3, 0.4) is 0 Å². The second-order valence-electron chi connectivity index (χ2n) is 5.49. The van der Waals surface area contributed by atoms with E-state index >= 15 is 0 Å². The molecule has 0 radical (unpaired) electrons. The molecule has 0 unspecified atom stereocenters. The van der Waals surface area contributed by atoms with E-state index in [9.17, 15) is 5.11 Å². The Morgan fingerprint density at radius 1 is 1.11 bits per heavy atom. The average molecular weight is 250 g/mol. The Morgan fingerprint density at radius 3 is 2.17 bits per heavy atom. The van der Waals surface area contributed by atoms with E-state index in [0.29, 0.717) is 11.2 Å². The number of methoxy groups -OCH3 is 1. The van der Waals surface area contributed by atoms with Crippen molar-refractivity contribution in [1.82, 2.24) is 0 Å². The number of benzene rings is 1. The summed E-state index contributed by atoms with van der Waals surface area (Å²) in [5.41, 5.74) is -0.112. The minimum atomic E-state index is -0.531. The summed E-state index contributed by atoms with van der Waals surface area (Å²) in [6, 6.07) is 5.16. The summed E-state index contributed by atoms with van der Waals surface area (Å²) in [7, 11) is 0.987. The lowest BCUT2D eigenvalue weighted by molar-refractivity contribution is 0.00578. The molecule has 1 N–H and O–H groups in total. The predicted molar refractivity (Wildman–Crippen MR) is 70.4 cm³/mol. The van der Waals surface area contributed by atoms with Gasteiger partial charge in [-0.1, -0.05) is 12.1 Å². The highest BCUT2D eigenvalue weighted by Gasteiger charge is 2.52. The fraction of sp³-hybridized carbons (Fsp3) is 0.538. The molecule has 1 aromatic rings. The van der Waals surface area contributed by atoms with Crippen molar-refractivity contribution in [2.75, 3.05) is 7.11 Å². The van der Waals surface area contributed by atoms with Crippen molar-refractivity contribution >= 4 is 12.6 Å². The van der Waals surface area contributed by atoms with Gasteiger partial charge in [-0.05, 0) is 33.8 Å². The van der Waals surface area contributed by atoms with Gasteiger partial charge in [0.25, 0.3) is 0 Å². The van der Waals surface area contributed by atoms with Crippen LogP contribution in [0.1, 0.15) is 27.7 Å². The maximum atomic E-state index is 9.78. The molecule has 18 heavy (non-hydrogen) atoms. The van der Waals surface area contributed by atoms with Crippen LogP contribution in [0.15, 0.2) is 18.2 Å². The maximum Gasteiger partial charge on any atom is 0.498 e. The van der Waals surface area contributed by atoms with Crippen molar-refractivity contribution in [3.63, 3.8) is 0 Å². The largest absolute Gasteiger partial charge is 0.504 e. The van der Waals surface area contributed by atoms with Crippen molar-refractivity contribution in [2.45, 2.75) is 38.9 Å². The van der Waals surface area contributed by atoms with Crippen LogP contribution < -0.4 is 10.2 Å². The van der Waals surface area contributed by atoms with Crippen molar-refractivity contribution in [3.05, 3.63) is 18.2 Å². The summed E-state index contributed by atoms with van der Waals surface area (Å²) >= 11 is 0. The van der Waals surface area contributed by atoms with E-state index in [1.807, 2.05) is 33.8 Å². The SMILES string of the molecule is COc1c(O)cccc1B1OC(C)(C)C(C)(C)O1. The summed E-state index contributed by atoms with van der Waals surface area (Å²) in [5, 5.41) is 9.78. The summed E-state index contributed by atoms with van der Waals surface area (Å²) in [6.45, 7) is 7.95. The molecule has 1 aliphatic rings. The summed E-state index contributed by atoms with van der Waals surface area (Å²) in [4.78, 5) is 0. The zero-order chi connectivity index (χ0) is 13.6. The lowest BCUT2D eigenvalue weighted by atomic mass is 9.78. The Bertz CT molecular complexity index is 440. The smallest absolute Gasteiger partial charge is 0.498 e. The van der Waals surface area contributed by atoms with Gasteiger partial charge in [-0.3, -0.25) is 0 Å². The van der Waals surface area contributed by atoms with Gasteiger partial charge in [-0.15, -0.1) is 0 Å². The summed E-state index contributed by atoms with van der Waals surface area (Å²) < 4.78 is 17.1. The van der Waals surface area contributed by atoms with Gasteiger partial charge in [0, 0.05) is 5.46 Å². The third-order valence-electron chi connectivity index (χ3n) is 3.74. The van der Waals surface area contributed by atoms with Crippen LogP contribution in [0.5, 0.6) is 11.5 Å². The zero-order valence-electron chi connectivity index (χ0n) is 11.5. The number of phenolic OH excluding ortho intramolecular Hbond substituents is 1. The molecule has 1 heterocycles. The number of phenols is 1. The van der Waals surface area contributed by atoms with Crippen molar-refractivity contribution in [2.24, 2.45) is 0 Å². The van der Waals surface area contributed by atoms with Crippen molar-refractivity contribution in [3.8, 4) is 11.5 Å². The highest BCUT2D eigenvalue weighted by atomic mass is 16.7. The zero-order valence-corrected chi connectivity index (χ0v) is 11.5. The third kappa shape index (κ3) is 1.97. The highest BCUT2D eigenvalue weighted by molar-refractivity contribution is 6.63. The molecule has 4 nitrogen and oxygen atoms in total. The second-order valence-corrected chi connectivity index (χ2v) is 5.49. The van der Waals surface area contributed by atoms with Gasteiger partial charge in [0.1, 0.15) is 0 Å². The van der Waals surface area contributed by atoms with Crippen LogP contribution >= 0.6 is 0 Å². The molecule has 0 aromatic heterocycles. The molecular formula is C13H19BO4. The first kappa shape index (κ1) is 13.2. The Hall–Kier alpha value is -1.20. The molecule has 1 aliphatic heterocycles. The first-order valence-electron chi connectivity index (χ1n) is 6.00. The molecule has 0 amide bonds. The van der Waals surface area contributed by atoms with E-state index in [-0.39, 0.29) is 5.75 Å². The van der Waals surface area contributed by atoms with Crippen LogP contribution in [0.4, 0.5) is 0 Å². The summed E-state index contributed by atoms with van der Waals surface area (Å²) in [5.74, 6) is 0.487. The number of para-hydroxylation sites is 1. The Kier molecular flexibility index (Phi) is 3.07. The number of aromatic hydroxyl groups is 1. The number of hydrogen-bond acceptors (Lipinski definition) is 4. The molecule has 2 rings (SSSR count). The minimum Gasteiger partial charge on any atom is -0.504 e. The fourth-order valence-electron chi connectivity index (χ4n) is 1.92. The Morgan fingerprint density at radius 2 is 1.67 bits per heavy atom. The van der Waals surface area contributed by atoms with Gasteiger partial charge in [0.15, 0.2) is 11.5 Å². The molecule has 5 heteroatoms. The topological polar surface area (TPSA) is 47.9 Å². The first-order valence-corrected chi connectivity index (χ1v) is 6.00. The second kappa shape index (κ2) is 4.18. The van der Waals surface area contributed by atoms with Crippen molar-refractivity contribution < 1.29 is 19.2 Å². The van der Waals surface area contributed by atoms with Gasteiger partial charge in [0.05, 0.1) is 18.3 Å². The molecule has 1 saturated heterocycles. The van der Waals surface area contributed by atoms with E-state index in [0.717, 1.165) is 0 Å². The average Bonchev–Trinajstić information content (AvgIpc) is 2.47. The van der Waals surface area contributed by atoms with E-state index in [1.54, 1.807) is 12.1 Å². The molecule has 0 bridgehead atoms. The van der Waals surface area contributed by atoms with Crippen LogP contribution in [0, 0.1) is 0 Å². The van der Waals surface area contributed by atoms with Gasteiger partial charge in [0.2, 0.25) is 0 Å². The molecule has 1 fully saturated rings. The van der Waals surface area contributed by atoms with Gasteiger partial charge in [-0.2, -0.15) is 0 Å². The highest BCUT2D eigenvalue weighted by Crippen LogP contribution is 2.37. The maximum absolute atomic E-state index is 9.78. The molecule has 0 saturated carbocycles. The standard InChI is InChI=1S/C13H19BO4/c1-12(2)13(3,4)18-14(17-12)9-7-6-8-10(15)11(9)16-5/h6-8,15H,1-5H3. The predicted octanol–water partition coefficient (Wildman–Crippen LogP) is 1.70. The van der Waals surface area contributed by atoms with Crippen molar-refractivity contribution in [1.29, 1.82) is 0 Å². The van der Waals surface area contributed by atoms with Crippen LogP contribution in [0.2, 0.25) is 0 Å². The van der Waals surface area contributed by atoms with Crippen LogP contribution in [-0.4, -0.2) is 30.5 Å². The molecule has 0 aliphatic carbocycles. The van der Waals surface area contributed by atoms with E-state index < -0.39 is 18.3 Å². The fourth-order valence-corrected chi connectivity index (χ4v) is 1.92. The number of hydrogen-bond donors (Lipinski definition) is 1. The lowest BCUT2D eigenvalue weighted by Gasteiger charge is -2.32. The summed E-state index contributed by atoms with van der Waals surface area (Å²) in [6.07, 6.45) is 0. The van der Waals surface area contributed by atoms with Crippen LogP contribution in [0.25, 0.3) is 0 Å². The molecule has 1 aromatic carbocycles. The van der Waals surface area contributed by atoms with Gasteiger partial charge >= 0.3 is 7.12 Å². The number of ether oxygens (including phenoxy) is 1. The molecular weight excluding hydrogens is 231 g/mol. The Balaban J connectivity index is 2.38. The molecule has 98 valence electrons. The van der Waals surface area contributed by atoms with Crippen LogP contribution in [-0.2, 0) is 9.31 Å². The van der Waals surface area contributed by atoms with Gasteiger partial charge < -0.3 is 19.2 Å². The minimum absolute atomic E-state index is 0.0877. The first-order chi connectivity index (χ1) is 8.28. The van der Waals surface area contributed by atoms with E-state index in [4.69, 9.17) is 14.0 Å². The Labute approximate surface area is 108 Å². The molecule has 0 atom stereocenters. The van der Waals surface area contributed by atoms with E-state index in [1.165, 1.54) is 7.11 Å². The third-order valence-corrected chi connectivity index (χ3v) is 3.74.